The molecule has 1 atom stereocenters. The molecule has 0 unspecified atom stereocenters. The molecule has 0 aliphatic heterocycles. The predicted octanol–water partition coefficient (Wildman–Crippen LogP) is 0.771. The maximum absolute atomic E-state index is 10.4. The first-order valence-corrected chi connectivity index (χ1v) is 4.85. The fourth-order valence-electron chi connectivity index (χ4n) is 1.26. The van der Waals surface area contributed by atoms with Gasteiger partial charge in [0.05, 0.1) is 11.0 Å². The number of phenols is 1. The number of aliphatic hydroxyl groups excluding tert-OH is 1. The van der Waals surface area contributed by atoms with Crippen LogP contribution in [-0.2, 0) is 6.54 Å². The molecule has 0 heterocycles. The lowest BCUT2D eigenvalue weighted by atomic mass is 10.2. The fourth-order valence-corrected chi connectivity index (χ4v) is 1.26. The van der Waals surface area contributed by atoms with E-state index in [4.69, 9.17) is 5.11 Å². The van der Waals surface area contributed by atoms with Crippen LogP contribution in [0.3, 0.4) is 0 Å². The number of nitrogens with zero attached hydrogens (tertiary/aromatic N) is 1. The molecule has 1 aromatic rings. The van der Waals surface area contributed by atoms with Crippen molar-refractivity contribution >= 4 is 5.69 Å². The summed E-state index contributed by atoms with van der Waals surface area (Å²) in [6, 6.07) is 4.16. The molecule has 0 aliphatic carbocycles. The van der Waals surface area contributed by atoms with Gasteiger partial charge in [0.25, 0.3) is 0 Å². The average Bonchev–Trinajstić information content (AvgIpc) is 2.16. The molecule has 6 nitrogen and oxygen atoms in total. The molecule has 3 N–H and O–H groups in total. The Kier molecular flexibility index (Phi) is 4.21. The van der Waals surface area contributed by atoms with Crippen molar-refractivity contribution in [2.75, 3.05) is 6.54 Å². The molecule has 88 valence electrons. The Morgan fingerprint density at radius 1 is 1.56 bits per heavy atom. The summed E-state index contributed by atoms with van der Waals surface area (Å²) in [4.78, 5) is 9.80. The van der Waals surface area contributed by atoms with E-state index in [-0.39, 0.29) is 11.4 Å². The lowest BCUT2D eigenvalue weighted by Crippen LogP contribution is -2.23. The molecule has 0 fully saturated rings. The van der Waals surface area contributed by atoms with E-state index in [1.54, 1.807) is 13.0 Å². The zero-order valence-electron chi connectivity index (χ0n) is 8.88. The Morgan fingerprint density at radius 2 is 2.25 bits per heavy atom. The lowest BCUT2D eigenvalue weighted by molar-refractivity contribution is -0.385. The molecule has 1 rings (SSSR count). The van der Waals surface area contributed by atoms with Gasteiger partial charge in [-0.3, -0.25) is 10.1 Å². The number of benzene rings is 1. The molecule has 0 bridgehead atoms. The number of nitro benzene ring substituents is 1. The second-order valence-corrected chi connectivity index (χ2v) is 3.56. The number of phenolic OH excluding ortho intramolecular Hbond substituents is 1. The van der Waals surface area contributed by atoms with E-state index in [9.17, 15) is 15.2 Å². The third kappa shape index (κ3) is 3.48. The van der Waals surface area contributed by atoms with Gasteiger partial charge in [0.1, 0.15) is 0 Å². The Morgan fingerprint density at radius 3 is 2.75 bits per heavy atom. The van der Waals surface area contributed by atoms with Gasteiger partial charge in [-0.25, -0.2) is 0 Å². The van der Waals surface area contributed by atoms with E-state index in [2.05, 4.69) is 5.32 Å². The molecule has 0 saturated carbocycles. The van der Waals surface area contributed by atoms with Gasteiger partial charge in [0.2, 0.25) is 0 Å². The molecule has 0 saturated heterocycles. The maximum Gasteiger partial charge on any atom is 0.310 e. The summed E-state index contributed by atoms with van der Waals surface area (Å²) in [5.74, 6) is -0.346. The Balaban J connectivity index is 2.63. The van der Waals surface area contributed by atoms with E-state index in [1.807, 2.05) is 0 Å². The number of aliphatic hydroxyl groups is 1. The van der Waals surface area contributed by atoms with Gasteiger partial charge in [0.15, 0.2) is 5.75 Å². The second-order valence-electron chi connectivity index (χ2n) is 3.56. The van der Waals surface area contributed by atoms with Gasteiger partial charge in [-0.05, 0) is 18.6 Å². The number of hydrogen-bond acceptors (Lipinski definition) is 5. The Hall–Kier alpha value is -1.66. The van der Waals surface area contributed by atoms with E-state index in [0.29, 0.717) is 13.1 Å². The van der Waals surface area contributed by atoms with Crippen molar-refractivity contribution in [2.45, 2.75) is 19.6 Å². The molecule has 16 heavy (non-hydrogen) atoms. The standard InChI is InChI=1S/C10H14N2O4/c1-7(13)5-11-6-8-2-3-9(12(15)16)10(14)4-8/h2-4,7,11,13-14H,5-6H2,1H3/t7-/m0/s1. The molecule has 0 aromatic heterocycles. The average molecular weight is 226 g/mol. The normalized spacial score (nSPS) is 12.4. The number of nitrogens with one attached hydrogen (secondary N) is 1. The first-order valence-electron chi connectivity index (χ1n) is 4.85. The zero-order valence-corrected chi connectivity index (χ0v) is 8.88. The summed E-state index contributed by atoms with van der Waals surface area (Å²) in [5.41, 5.74) is 0.419. The highest BCUT2D eigenvalue weighted by molar-refractivity contribution is 5.47. The van der Waals surface area contributed by atoms with Crippen molar-refractivity contribution in [3.05, 3.63) is 33.9 Å². The minimum absolute atomic E-state index is 0.306. The van der Waals surface area contributed by atoms with E-state index < -0.39 is 11.0 Å². The summed E-state index contributed by atoms with van der Waals surface area (Å²) in [6.07, 6.45) is -0.452. The minimum atomic E-state index is -0.637. The second kappa shape index (κ2) is 5.43. The van der Waals surface area contributed by atoms with Crippen LogP contribution in [0.25, 0.3) is 0 Å². The molecule has 1 aromatic carbocycles. The van der Waals surface area contributed by atoms with Gasteiger partial charge in [0, 0.05) is 19.2 Å². The third-order valence-electron chi connectivity index (χ3n) is 2.01. The smallest absolute Gasteiger partial charge is 0.310 e. The van der Waals surface area contributed by atoms with Crippen molar-refractivity contribution in [3.63, 3.8) is 0 Å². The third-order valence-corrected chi connectivity index (χ3v) is 2.01. The summed E-state index contributed by atoms with van der Waals surface area (Å²) in [5, 5.41) is 31.7. The van der Waals surface area contributed by atoms with Crippen LogP contribution in [0.15, 0.2) is 18.2 Å². The highest BCUT2D eigenvalue weighted by atomic mass is 16.6. The maximum atomic E-state index is 10.4. The topological polar surface area (TPSA) is 95.6 Å². The van der Waals surface area contributed by atoms with Crippen molar-refractivity contribution in [1.82, 2.24) is 5.32 Å². The number of rotatable bonds is 5. The van der Waals surface area contributed by atoms with Gasteiger partial charge in [-0.1, -0.05) is 6.07 Å². The summed E-state index contributed by atoms with van der Waals surface area (Å²) >= 11 is 0. The fraction of sp³-hybridized carbons (Fsp3) is 0.400. The van der Waals surface area contributed by atoms with Gasteiger partial charge < -0.3 is 15.5 Å². The summed E-state index contributed by atoms with van der Waals surface area (Å²) in [6.45, 7) is 2.52. The van der Waals surface area contributed by atoms with Gasteiger partial charge in [-0.15, -0.1) is 0 Å². The lowest BCUT2D eigenvalue weighted by Gasteiger charge is -2.07. The van der Waals surface area contributed by atoms with Crippen LogP contribution < -0.4 is 5.32 Å². The molecule has 6 heteroatoms. The van der Waals surface area contributed by atoms with E-state index >= 15 is 0 Å². The Bertz CT molecular complexity index is 379. The zero-order chi connectivity index (χ0) is 12.1. The highest BCUT2D eigenvalue weighted by Gasteiger charge is 2.12. The van der Waals surface area contributed by atoms with Crippen LogP contribution in [0.5, 0.6) is 5.75 Å². The molecular formula is C10H14N2O4. The van der Waals surface area contributed by atoms with Crippen LogP contribution in [0.2, 0.25) is 0 Å². The van der Waals surface area contributed by atoms with Crippen LogP contribution >= 0.6 is 0 Å². The first kappa shape index (κ1) is 12.4. The predicted molar refractivity (Wildman–Crippen MR) is 58.1 cm³/mol. The largest absolute Gasteiger partial charge is 0.502 e. The Labute approximate surface area is 92.7 Å². The van der Waals surface area contributed by atoms with Gasteiger partial charge in [-0.2, -0.15) is 0 Å². The number of hydrogen-bond donors (Lipinski definition) is 3. The minimum Gasteiger partial charge on any atom is -0.502 e. The summed E-state index contributed by atoms with van der Waals surface area (Å²) < 4.78 is 0. The van der Waals surface area contributed by atoms with Gasteiger partial charge >= 0.3 is 5.69 Å². The van der Waals surface area contributed by atoms with Crippen molar-refractivity contribution < 1.29 is 15.1 Å². The van der Waals surface area contributed by atoms with Crippen LogP contribution in [0.1, 0.15) is 12.5 Å². The van der Waals surface area contributed by atoms with Crippen molar-refractivity contribution in [2.24, 2.45) is 0 Å². The quantitative estimate of drug-likeness (QED) is 0.509. The molecule has 0 spiro atoms. The summed E-state index contributed by atoms with van der Waals surface area (Å²) in [7, 11) is 0. The molecular weight excluding hydrogens is 212 g/mol. The molecule has 0 radical (unpaired) electrons. The van der Waals surface area contributed by atoms with Crippen LogP contribution in [-0.4, -0.2) is 27.8 Å². The molecule has 0 amide bonds. The molecule has 0 aliphatic rings. The van der Waals surface area contributed by atoms with Crippen LogP contribution in [0, 0.1) is 10.1 Å². The van der Waals surface area contributed by atoms with Crippen molar-refractivity contribution in [3.8, 4) is 5.75 Å². The number of nitro groups is 1. The van der Waals surface area contributed by atoms with E-state index in [0.717, 1.165) is 5.56 Å². The first-order chi connectivity index (χ1) is 7.50. The van der Waals surface area contributed by atoms with Crippen LogP contribution in [0.4, 0.5) is 5.69 Å². The van der Waals surface area contributed by atoms with Crippen molar-refractivity contribution in [1.29, 1.82) is 0 Å². The number of aromatic hydroxyl groups is 1. The monoisotopic (exact) mass is 226 g/mol. The highest BCUT2D eigenvalue weighted by Crippen LogP contribution is 2.25. The van der Waals surface area contributed by atoms with E-state index in [1.165, 1.54) is 12.1 Å². The SMILES string of the molecule is C[C@H](O)CNCc1ccc([N+](=O)[O-])c(O)c1.